The van der Waals surface area contributed by atoms with Gasteiger partial charge in [-0.15, -0.1) is 0 Å². The zero-order chi connectivity index (χ0) is 16.8. The van der Waals surface area contributed by atoms with E-state index in [0.29, 0.717) is 38.2 Å². The molecule has 1 aliphatic heterocycles. The lowest BCUT2D eigenvalue weighted by Gasteiger charge is -2.35. The maximum absolute atomic E-state index is 13.7. The van der Waals surface area contributed by atoms with Gasteiger partial charge in [-0.25, -0.2) is 4.39 Å². The van der Waals surface area contributed by atoms with Crippen molar-refractivity contribution >= 4 is 11.8 Å². The van der Waals surface area contributed by atoms with Gasteiger partial charge in [-0.1, -0.05) is 13.0 Å². The summed E-state index contributed by atoms with van der Waals surface area (Å²) in [5, 5.41) is 0. The Labute approximate surface area is 136 Å². The number of amides is 2. The Balaban J connectivity index is 1.88. The molecule has 5 nitrogen and oxygen atoms in total. The van der Waals surface area contributed by atoms with Crippen molar-refractivity contribution in [1.82, 2.24) is 9.80 Å². The lowest BCUT2D eigenvalue weighted by Crippen LogP contribution is -2.50. The van der Waals surface area contributed by atoms with Gasteiger partial charge in [0.2, 0.25) is 11.8 Å². The highest BCUT2D eigenvalue weighted by atomic mass is 19.1. The van der Waals surface area contributed by atoms with E-state index < -0.39 is 5.82 Å². The summed E-state index contributed by atoms with van der Waals surface area (Å²) in [5.74, 6) is -0.189. The van der Waals surface area contributed by atoms with Crippen molar-refractivity contribution in [1.29, 1.82) is 0 Å². The molecule has 0 radical (unpaired) electrons. The fraction of sp³-hybridized carbons (Fsp3) is 0.529. The normalized spacial score (nSPS) is 14.7. The van der Waals surface area contributed by atoms with E-state index in [-0.39, 0.29) is 24.0 Å². The Morgan fingerprint density at radius 2 is 1.74 bits per heavy atom. The van der Waals surface area contributed by atoms with Crippen molar-refractivity contribution in [3.05, 3.63) is 29.6 Å². The highest BCUT2D eigenvalue weighted by Gasteiger charge is 2.23. The number of hydrogen-bond acceptors (Lipinski definition) is 3. The highest BCUT2D eigenvalue weighted by Crippen LogP contribution is 2.18. The third-order valence-corrected chi connectivity index (χ3v) is 4.02. The average molecular weight is 322 g/mol. The molecule has 2 amide bonds. The minimum Gasteiger partial charge on any atom is -0.494 e. The summed E-state index contributed by atoms with van der Waals surface area (Å²) in [4.78, 5) is 27.7. The second-order valence-electron chi connectivity index (χ2n) is 5.66. The summed E-state index contributed by atoms with van der Waals surface area (Å²) < 4.78 is 18.5. The molecule has 1 aromatic rings. The van der Waals surface area contributed by atoms with Crippen LogP contribution in [0.3, 0.4) is 0 Å². The number of methoxy groups -OCH3 is 1. The molecule has 0 saturated carbocycles. The molecule has 126 valence electrons. The van der Waals surface area contributed by atoms with Crippen molar-refractivity contribution in [3.63, 3.8) is 0 Å². The number of halogens is 1. The molecule has 1 aliphatic rings. The molecule has 23 heavy (non-hydrogen) atoms. The van der Waals surface area contributed by atoms with Crippen molar-refractivity contribution in [2.75, 3.05) is 33.3 Å². The topological polar surface area (TPSA) is 49.9 Å². The van der Waals surface area contributed by atoms with Crippen LogP contribution >= 0.6 is 0 Å². The predicted molar refractivity (Wildman–Crippen MR) is 84.7 cm³/mol. The summed E-state index contributed by atoms with van der Waals surface area (Å²) in [6.07, 6.45) is 1.55. The Hall–Kier alpha value is -2.11. The van der Waals surface area contributed by atoms with Crippen LogP contribution in [-0.2, 0) is 16.0 Å². The van der Waals surface area contributed by atoms with Gasteiger partial charge in [-0.05, 0) is 24.1 Å². The minimum absolute atomic E-state index is 0.0443. The number of hydrogen-bond donors (Lipinski definition) is 0. The summed E-state index contributed by atoms with van der Waals surface area (Å²) in [6.45, 7) is 4.19. The summed E-state index contributed by atoms with van der Waals surface area (Å²) in [6, 6.07) is 4.55. The maximum Gasteiger partial charge on any atom is 0.227 e. The lowest BCUT2D eigenvalue weighted by atomic mass is 10.1. The molecule has 0 unspecified atom stereocenters. The number of ether oxygens (including phenoxy) is 1. The molecular weight excluding hydrogens is 299 g/mol. The Bertz CT molecular complexity index is 569. The van der Waals surface area contributed by atoms with E-state index in [2.05, 4.69) is 0 Å². The molecule has 1 heterocycles. The Morgan fingerprint density at radius 1 is 1.13 bits per heavy atom. The van der Waals surface area contributed by atoms with E-state index in [9.17, 15) is 14.0 Å². The van der Waals surface area contributed by atoms with Gasteiger partial charge in [0.05, 0.1) is 13.5 Å². The monoisotopic (exact) mass is 322 g/mol. The molecule has 1 fully saturated rings. The standard InChI is InChI=1S/C17H23FN2O3/c1-3-4-16(21)19-7-9-20(10-8-19)17(22)12-13-5-6-15(23-2)14(18)11-13/h5-6,11H,3-4,7-10,12H2,1-2H3. The molecule has 0 N–H and O–H groups in total. The van der Waals surface area contributed by atoms with E-state index in [1.807, 2.05) is 6.92 Å². The van der Waals surface area contributed by atoms with Crippen LogP contribution in [0.1, 0.15) is 25.3 Å². The Morgan fingerprint density at radius 3 is 2.26 bits per heavy atom. The predicted octanol–water partition coefficient (Wildman–Crippen LogP) is 1.85. The van der Waals surface area contributed by atoms with Gasteiger partial charge in [0.1, 0.15) is 0 Å². The molecule has 0 atom stereocenters. The third kappa shape index (κ3) is 4.43. The first-order valence-electron chi connectivity index (χ1n) is 7.93. The number of carbonyl (C=O) groups excluding carboxylic acids is 2. The van der Waals surface area contributed by atoms with Crippen LogP contribution in [0.25, 0.3) is 0 Å². The van der Waals surface area contributed by atoms with Gasteiger partial charge in [0, 0.05) is 32.6 Å². The average Bonchev–Trinajstić information content (AvgIpc) is 2.55. The highest BCUT2D eigenvalue weighted by molar-refractivity contribution is 5.80. The van der Waals surface area contributed by atoms with E-state index in [4.69, 9.17) is 4.74 Å². The molecular formula is C17H23FN2O3. The van der Waals surface area contributed by atoms with E-state index in [1.54, 1.807) is 15.9 Å². The van der Waals surface area contributed by atoms with Crippen LogP contribution < -0.4 is 4.74 Å². The smallest absolute Gasteiger partial charge is 0.227 e. The quantitative estimate of drug-likeness (QED) is 0.831. The lowest BCUT2D eigenvalue weighted by molar-refractivity contribution is -0.139. The number of carbonyl (C=O) groups is 2. The summed E-state index contributed by atoms with van der Waals surface area (Å²) >= 11 is 0. The van der Waals surface area contributed by atoms with Crippen molar-refractivity contribution in [3.8, 4) is 5.75 Å². The molecule has 2 rings (SSSR count). The first-order chi connectivity index (χ1) is 11.0. The number of piperazine rings is 1. The van der Waals surface area contributed by atoms with Gasteiger partial charge in [0.25, 0.3) is 0 Å². The zero-order valence-electron chi connectivity index (χ0n) is 13.7. The van der Waals surface area contributed by atoms with Crippen LogP contribution in [0.15, 0.2) is 18.2 Å². The summed E-state index contributed by atoms with van der Waals surface area (Å²) in [5.41, 5.74) is 0.623. The second kappa shape index (κ2) is 7.94. The van der Waals surface area contributed by atoms with Gasteiger partial charge < -0.3 is 14.5 Å². The van der Waals surface area contributed by atoms with Crippen molar-refractivity contribution in [2.45, 2.75) is 26.2 Å². The molecule has 1 saturated heterocycles. The van der Waals surface area contributed by atoms with E-state index in [1.165, 1.54) is 19.2 Å². The van der Waals surface area contributed by atoms with Gasteiger partial charge in [-0.2, -0.15) is 0 Å². The summed E-state index contributed by atoms with van der Waals surface area (Å²) in [7, 11) is 1.41. The van der Waals surface area contributed by atoms with Gasteiger partial charge in [-0.3, -0.25) is 9.59 Å². The van der Waals surface area contributed by atoms with Crippen LogP contribution in [0.4, 0.5) is 4.39 Å². The van der Waals surface area contributed by atoms with Crippen LogP contribution in [-0.4, -0.2) is 54.9 Å². The number of rotatable bonds is 5. The molecule has 0 spiro atoms. The minimum atomic E-state index is -0.465. The fourth-order valence-corrected chi connectivity index (χ4v) is 2.68. The third-order valence-electron chi connectivity index (χ3n) is 4.02. The van der Waals surface area contributed by atoms with Crippen LogP contribution in [0, 0.1) is 5.82 Å². The van der Waals surface area contributed by atoms with Crippen molar-refractivity contribution in [2.24, 2.45) is 0 Å². The van der Waals surface area contributed by atoms with Crippen LogP contribution in [0.2, 0.25) is 0 Å². The molecule has 0 aliphatic carbocycles. The second-order valence-corrected chi connectivity index (χ2v) is 5.66. The Kier molecular flexibility index (Phi) is 5.96. The largest absolute Gasteiger partial charge is 0.494 e. The van der Waals surface area contributed by atoms with E-state index in [0.717, 1.165) is 6.42 Å². The molecule has 6 heteroatoms. The van der Waals surface area contributed by atoms with Crippen LogP contribution in [0.5, 0.6) is 5.75 Å². The molecule has 0 bridgehead atoms. The van der Waals surface area contributed by atoms with Gasteiger partial charge in [0.15, 0.2) is 11.6 Å². The molecule has 1 aromatic carbocycles. The fourth-order valence-electron chi connectivity index (χ4n) is 2.68. The zero-order valence-corrected chi connectivity index (χ0v) is 13.7. The first kappa shape index (κ1) is 17.2. The van der Waals surface area contributed by atoms with E-state index >= 15 is 0 Å². The van der Waals surface area contributed by atoms with Gasteiger partial charge >= 0.3 is 0 Å². The molecule has 0 aromatic heterocycles. The number of benzene rings is 1. The maximum atomic E-state index is 13.7. The van der Waals surface area contributed by atoms with Crippen molar-refractivity contribution < 1.29 is 18.7 Å². The SMILES string of the molecule is CCCC(=O)N1CCN(C(=O)Cc2ccc(OC)c(F)c2)CC1. The first-order valence-corrected chi connectivity index (χ1v) is 7.93. The number of nitrogens with zero attached hydrogens (tertiary/aromatic N) is 2.